The number of guanidine groups is 1. The van der Waals surface area contributed by atoms with Gasteiger partial charge in [-0.15, -0.1) is 0 Å². The molecule has 0 saturated carbocycles. The highest BCUT2D eigenvalue weighted by atomic mass is 16.5. The summed E-state index contributed by atoms with van der Waals surface area (Å²) in [6, 6.07) is 0.542. The summed E-state index contributed by atoms with van der Waals surface area (Å²) in [7, 11) is 1.83. The van der Waals surface area contributed by atoms with Crippen molar-refractivity contribution in [2.45, 2.75) is 46.1 Å². The lowest BCUT2D eigenvalue weighted by Gasteiger charge is -2.32. The maximum Gasteiger partial charge on any atom is 0.191 e. The van der Waals surface area contributed by atoms with E-state index in [0.29, 0.717) is 12.0 Å². The van der Waals surface area contributed by atoms with Crippen LogP contribution in [-0.2, 0) is 4.74 Å². The van der Waals surface area contributed by atoms with Crippen LogP contribution >= 0.6 is 0 Å². The maximum atomic E-state index is 5.57. The van der Waals surface area contributed by atoms with Crippen molar-refractivity contribution in [1.29, 1.82) is 0 Å². The molecule has 1 saturated heterocycles. The molecule has 5 heteroatoms. The number of piperidine rings is 1. The monoisotopic (exact) mass is 298 g/mol. The van der Waals surface area contributed by atoms with Crippen molar-refractivity contribution in [1.82, 2.24) is 15.5 Å². The van der Waals surface area contributed by atoms with Crippen molar-refractivity contribution in [3.8, 4) is 0 Å². The lowest BCUT2D eigenvalue weighted by molar-refractivity contribution is 0.114. The quantitative estimate of drug-likeness (QED) is 0.407. The van der Waals surface area contributed by atoms with E-state index >= 15 is 0 Å². The Morgan fingerprint density at radius 2 is 2.05 bits per heavy atom. The Bertz CT molecular complexity index is 286. The van der Waals surface area contributed by atoms with E-state index in [1.807, 2.05) is 7.05 Å². The standard InChI is InChI=1S/C16H34N4O/c1-5-9-20-10-6-15(7-11-20)19-16(17-4)18-8-12-21-13-14(2)3/h14-15H,5-13H2,1-4H3,(H2,17,18,19). The van der Waals surface area contributed by atoms with Crippen LogP contribution in [-0.4, -0.2) is 63.3 Å². The third-order valence-electron chi connectivity index (χ3n) is 3.68. The molecule has 0 aromatic carbocycles. The molecule has 0 amide bonds. The summed E-state index contributed by atoms with van der Waals surface area (Å²) in [5, 5.41) is 6.85. The van der Waals surface area contributed by atoms with Crippen molar-refractivity contribution in [3.63, 3.8) is 0 Å². The molecule has 0 atom stereocenters. The van der Waals surface area contributed by atoms with Gasteiger partial charge in [0.05, 0.1) is 6.61 Å². The fourth-order valence-corrected chi connectivity index (χ4v) is 2.57. The van der Waals surface area contributed by atoms with E-state index in [4.69, 9.17) is 4.74 Å². The molecular weight excluding hydrogens is 264 g/mol. The SMILES string of the molecule is CCCN1CCC(NC(=NC)NCCOCC(C)C)CC1. The molecule has 0 aromatic rings. The van der Waals surface area contributed by atoms with Gasteiger partial charge >= 0.3 is 0 Å². The summed E-state index contributed by atoms with van der Waals surface area (Å²) >= 11 is 0. The number of rotatable bonds is 8. The third kappa shape index (κ3) is 8.27. The highest BCUT2D eigenvalue weighted by Crippen LogP contribution is 2.10. The average molecular weight is 298 g/mol. The Morgan fingerprint density at radius 3 is 2.62 bits per heavy atom. The first-order valence-electron chi connectivity index (χ1n) is 8.43. The summed E-state index contributed by atoms with van der Waals surface area (Å²) in [5.41, 5.74) is 0. The molecule has 0 spiro atoms. The van der Waals surface area contributed by atoms with Gasteiger partial charge in [-0.1, -0.05) is 20.8 Å². The molecule has 2 N–H and O–H groups in total. The molecule has 1 aliphatic heterocycles. The molecule has 0 aromatic heterocycles. The second-order valence-corrected chi connectivity index (χ2v) is 6.23. The van der Waals surface area contributed by atoms with E-state index < -0.39 is 0 Å². The second kappa shape index (κ2) is 10.9. The van der Waals surface area contributed by atoms with Gasteiger partial charge in [0.2, 0.25) is 0 Å². The molecule has 1 rings (SSSR count). The highest BCUT2D eigenvalue weighted by Gasteiger charge is 2.19. The minimum atomic E-state index is 0.542. The molecule has 1 fully saturated rings. The molecule has 0 bridgehead atoms. The molecule has 1 aliphatic rings. The predicted molar refractivity (Wildman–Crippen MR) is 89.9 cm³/mol. The van der Waals surface area contributed by atoms with Crippen LogP contribution in [0.2, 0.25) is 0 Å². The zero-order valence-electron chi connectivity index (χ0n) is 14.3. The van der Waals surface area contributed by atoms with Gasteiger partial charge in [0.15, 0.2) is 5.96 Å². The van der Waals surface area contributed by atoms with Gasteiger partial charge in [0.25, 0.3) is 0 Å². The molecule has 0 aliphatic carbocycles. The highest BCUT2D eigenvalue weighted by molar-refractivity contribution is 5.79. The predicted octanol–water partition coefficient (Wildman–Crippen LogP) is 1.70. The molecule has 0 radical (unpaired) electrons. The number of nitrogens with one attached hydrogen (secondary N) is 2. The summed E-state index contributed by atoms with van der Waals surface area (Å²) in [6.07, 6.45) is 3.65. The largest absolute Gasteiger partial charge is 0.379 e. The van der Waals surface area contributed by atoms with Gasteiger partial charge in [-0.05, 0) is 31.7 Å². The Labute approximate surface area is 130 Å². The Morgan fingerprint density at radius 1 is 1.33 bits per heavy atom. The number of hydrogen-bond donors (Lipinski definition) is 2. The van der Waals surface area contributed by atoms with Crippen LogP contribution in [0.4, 0.5) is 0 Å². The minimum absolute atomic E-state index is 0.542. The third-order valence-corrected chi connectivity index (χ3v) is 3.68. The number of likely N-dealkylation sites (tertiary alicyclic amines) is 1. The Hall–Kier alpha value is -0.810. The van der Waals surface area contributed by atoms with Gasteiger partial charge in [-0.2, -0.15) is 0 Å². The smallest absolute Gasteiger partial charge is 0.191 e. The first-order chi connectivity index (χ1) is 10.2. The lowest BCUT2D eigenvalue weighted by Crippen LogP contribution is -2.49. The van der Waals surface area contributed by atoms with Crippen molar-refractivity contribution in [2.75, 3.05) is 46.4 Å². The first-order valence-corrected chi connectivity index (χ1v) is 8.43. The average Bonchev–Trinajstić information content (AvgIpc) is 2.47. The number of ether oxygens (including phenoxy) is 1. The van der Waals surface area contributed by atoms with Crippen LogP contribution in [0.15, 0.2) is 4.99 Å². The van der Waals surface area contributed by atoms with Gasteiger partial charge in [0, 0.05) is 39.3 Å². The van der Waals surface area contributed by atoms with Crippen molar-refractivity contribution >= 4 is 5.96 Å². The van der Waals surface area contributed by atoms with E-state index in [9.17, 15) is 0 Å². The first kappa shape index (κ1) is 18.2. The molecule has 0 unspecified atom stereocenters. The van der Waals surface area contributed by atoms with E-state index in [1.54, 1.807) is 0 Å². The molecule has 5 nitrogen and oxygen atoms in total. The van der Waals surface area contributed by atoms with Crippen molar-refractivity contribution < 1.29 is 4.74 Å². The lowest BCUT2D eigenvalue weighted by atomic mass is 10.1. The normalized spacial score (nSPS) is 18.2. The van der Waals surface area contributed by atoms with Crippen LogP contribution in [0.25, 0.3) is 0 Å². The molecular formula is C16H34N4O. The fourth-order valence-electron chi connectivity index (χ4n) is 2.57. The van der Waals surface area contributed by atoms with Crippen LogP contribution in [0.3, 0.4) is 0 Å². The summed E-state index contributed by atoms with van der Waals surface area (Å²) < 4.78 is 5.57. The van der Waals surface area contributed by atoms with Crippen LogP contribution in [0.5, 0.6) is 0 Å². The Balaban J connectivity index is 2.14. The maximum absolute atomic E-state index is 5.57. The van der Waals surface area contributed by atoms with Gasteiger partial charge in [-0.25, -0.2) is 0 Å². The number of hydrogen-bond acceptors (Lipinski definition) is 3. The number of nitrogens with zero attached hydrogens (tertiary/aromatic N) is 2. The summed E-state index contributed by atoms with van der Waals surface area (Å²) in [6.45, 7) is 12.6. The van der Waals surface area contributed by atoms with Crippen molar-refractivity contribution in [3.05, 3.63) is 0 Å². The molecule has 21 heavy (non-hydrogen) atoms. The van der Waals surface area contributed by atoms with E-state index in [0.717, 1.165) is 25.7 Å². The molecule has 124 valence electrons. The number of aliphatic imine (C=N–C) groups is 1. The van der Waals surface area contributed by atoms with Gasteiger partial charge < -0.3 is 20.3 Å². The van der Waals surface area contributed by atoms with E-state index in [2.05, 4.69) is 41.3 Å². The summed E-state index contributed by atoms with van der Waals surface area (Å²) in [5.74, 6) is 1.49. The van der Waals surface area contributed by atoms with Crippen LogP contribution in [0, 0.1) is 5.92 Å². The fraction of sp³-hybridized carbons (Fsp3) is 0.938. The minimum Gasteiger partial charge on any atom is -0.379 e. The topological polar surface area (TPSA) is 48.9 Å². The van der Waals surface area contributed by atoms with Crippen molar-refractivity contribution in [2.24, 2.45) is 10.9 Å². The molecule has 1 heterocycles. The van der Waals surface area contributed by atoms with E-state index in [-0.39, 0.29) is 0 Å². The van der Waals surface area contributed by atoms with Gasteiger partial charge in [-0.3, -0.25) is 4.99 Å². The van der Waals surface area contributed by atoms with Gasteiger partial charge in [0.1, 0.15) is 0 Å². The zero-order chi connectivity index (χ0) is 15.5. The van der Waals surface area contributed by atoms with Crippen LogP contribution < -0.4 is 10.6 Å². The zero-order valence-corrected chi connectivity index (χ0v) is 14.3. The van der Waals surface area contributed by atoms with E-state index in [1.165, 1.54) is 38.9 Å². The Kier molecular flexibility index (Phi) is 9.42. The van der Waals surface area contributed by atoms with Crippen LogP contribution in [0.1, 0.15) is 40.0 Å². The summed E-state index contributed by atoms with van der Waals surface area (Å²) in [4.78, 5) is 6.85. The second-order valence-electron chi connectivity index (χ2n) is 6.23.